The van der Waals surface area contributed by atoms with Gasteiger partial charge in [0, 0.05) is 24.8 Å². The first kappa shape index (κ1) is 18.2. The van der Waals surface area contributed by atoms with E-state index in [9.17, 15) is 4.79 Å². The van der Waals surface area contributed by atoms with Crippen LogP contribution >= 0.6 is 11.3 Å². The molecule has 1 atom stereocenters. The summed E-state index contributed by atoms with van der Waals surface area (Å²) in [5.74, 6) is 2.24. The molecule has 0 fully saturated rings. The molecule has 28 heavy (non-hydrogen) atoms. The van der Waals surface area contributed by atoms with E-state index in [4.69, 9.17) is 4.42 Å². The third-order valence-electron chi connectivity index (χ3n) is 4.40. The van der Waals surface area contributed by atoms with E-state index in [0.717, 1.165) is 33.6 Å². The summed E-state index contributed by atoms with van der Waals surface area (Å²) in [6.45, 7) is 1.90. The van der Waals surface area contributed by atoms with Gasteiger partial charge in [0.2, 0.25) is 5.91 Å². The molecule has 0 bridgehead atoms. The molecule has 0 spiro atoms. The summed E-state index contributed by atoms with van der Waals surface area (Å²) in [5.41, 5.74) is 1.70. The number of nitrogens with one attached hydrogen (secondary N) is 1. The highest BCUT2D eigenvalue weighted by molar-refractivity contribution is 7.13. The van der Waals surface area contributed by atoms with Gasteiger partial charge in [-0.05, 0) is 24.6 Å². The molecule has 7 heteroatoms. The van der Waals surface area contributed by atoms with Crippen LogP contribution in [0.5, 0.6) is 0 Å². The largest absolute Gasteiger partial charge is 0.459 e. The fraction of sp³-hybridized carbons (Fsp3) is 0.190. The van der Waals surface area contributed by atoms with E-state index in [-0.39, 0.29) is 18.4 Å². The summed E-state index contributed by atoms with van der Waals surface area (Å²) in [5, 5.41) is 5.77. The molecule has 142 valence electrons. The maximum Gasteiger partial charge on any atom is 0.226 e. The smallest absolute Gasteiger partial charge is 0.226 e. The first-order chi connectivity index (χ1) is 13.6. The first-order valence-electron chi connectivity index (χ1n) is 8.93. The SMILES string of the molecule is Cc1ccc(-c2nc(CC(=O)NC(c3ccccc3)c3nccn3C)cs2)o1. The number of furan rings is 1. The summed E-state index contributed by atoms with van der Waals surface area (Å²) in [6.07, 6.45) is 3.80. The van der Waals surface area contributed by atoms with Crippen LogP contribution in [0.2, 0.25) is 0 Å². The minimum atomic E-state index is -0.320. The fourth-order valence-electron chi connectivity index (χ4n) is 3.03. The van der Waals surface area contributed by atoms with Crippen LogP contribution < -0.4 is 5.32 Å². The van der Waals surface area contributed by atoms with Crippen LogP contribution in [0.25, 0.3) is 10.8 Å². The van der Waals surface area contributed by atoms with Crippen molar-refractivity contribution in [1.29, 1.82) is 0 Å². The van der Waals surface area contributed by atoms with Crippen molar-refractivity contribution in [3.63, 3.8) is 0 Å². The number of amides is 1. The molecule has 0 radical (unpaired) electrons. The second-order valence-corrected chi connectivity index (χ2v) is 7.40. The minimum absolute atomic E-state index is 0.107. The molecule has 4 rings (SSSR count). The summed E-state index contributed by atoms with van der Waals surface area (Å²) in [4.78, 5) is 21.7. The number of nitrogens with zero attached hydrogens (tertiary/aromatic N) is 3. The topological polar surface area (TPSA) is 73.0 Å². The molecule has 3 aromatic heterocycles. The molecule has 4 aromatic rings. The molecule has 0 saturated carbocycles. The second-order valence-electron chi connectivity index (χ2n) is 6.54. The van der Waals surface area contributed by atoms with Gasteiger partial charge in [0.15, 0.2) is 10.8 Å². The summed E-state index contributed by atoms with van der Waals surface area (Å²) < 4.78 is 7.52. The number of hydrogen-bond acceptors (Lipinski definition) is 5. The van der Waals surface area contributed by atoms with Gasteiger partial charge < -0.3 is 14.3 Å². The van der Waals surface area contributed by atoms with Gasteiger partial charge in [0.05, 0.1) is 12.1 Å². The van der Waals surface area contributed by atoms with Gasteiger partial charge in [-0.15, -0.1) is 11.3 Å². The fourth-order valence-corrected chi connectivity index (χ4v) is 3.80. The lowest BCUT2D eigenvalue weighted by atomic mass is 10.1. The van der Waals surface area contributed by atoms with E-state index in [1.54, 1.807) is 6.20 Å². The lowest BCUT2D eigenvalue weighted by molar-refractivity contribution is -0.121. The van der Waals surface area contributed by atoms with Gasteiger partial charge in [-0.1, -0.05) is 30.3 Å². The third kappa shape index (κ3) is 3.89. The van der Waals surface area contributed by atoms with Crippen molar-refractivity contribution in [1.82, 2.24) is 19.9 Å². The minimum Gasteiger partial charge on any atom is -0.459 e. The number of carbonyl (C=O) groups excluding carboxylic acids is 1. The molecule has 0 aliphatic rings. The zero-order chi connectivity index (χ0) is 19.5. The molecular weight excluding hydrogens is 372 g/mol. The van der Waals surface area contributed by atoms with Crippen molar-refractivity contribution in [3.8, 4) is 10.8 Å². The average molecular weight is 392 g/mol. The predicted molar refractivity (Wildman–Crippen MR) is 108 cm³/mol. The maximum absolute atomic E-state index is 12.7. The maximum atomic E-state index is 12.7. The molecule has 0 aliphatic carbocycles. The highest BCUT2D eigenvalue weighted by atomic mass is 32.1. The molecule has 1 N–H and O–H groups in total. The van der Waals surface area contributed by atoms with E-state index >= 15 is 0 Å². The van der Waals surface area contributed by atoms with Crippen LogP contribution in [0.15, 0.2) is 64.7 Å². The Morgan fingerprint density at radius 3 is 2.75 bits per heavy atom. The Balaban J connectivity index is 1.51. The third-order valence-corrected chi connectivity index (χ3v) is 5.31. The molecule has 3 heterocycles. The zero-order valence-corrected chi connectivity index (χ0v) is 16.4. The lowest BCUT2D eigenvalue weighted by Crippen LogP contribution is -2.32. The van der Waals surface area contributed by atoms with E-state index in [1.807, 2.05) is 72.6 Å². The number of hydrogen-bond donors (Lipinski definition) is 1. The van der Waals surface area contributed by atoms with Crippen LogP contribution in [-0.4, -0.2) is 20.4 Å². The quantitative estimate of drug-likeness (QED) is 0.540. The number of imidazole rings is 1. The van der Waals surface area contributed by atoms with E-state index in [1.165, 1.54) is 11.3 Å². The predicted octanol–water partition coefficient (Wildman–Crippen LogP) is 3.89. The van der Waals surface area contributed by atoms with Gasteiger partial charge in [-0.2, -0.15) is 0 Å². The van der Waals surface area contributed by atoms with Crippen molar-refractivity contribution in [2.75, 3.05) is 0 Å². The van der Waals surface area contributed by atoms with Gasteiger partial charge in [-0.25, -0.2) is 9.97 Å². The molecule has 1 amide bonds. The van der Waals surface area contributed by atoms with Crippen LogP contribution in [-0.2, 0) is 18.3 Å². The molecule has 6 nitrogen and oxygen atoms in total. The Morgan fingerprint density at radius 2 is 2.07 bits per heavy atom. The molecule has 1 unspecified atom stereocenters. The van der Waals surface area contributed by atoms with E-state index < -0.39 is 0 Å². The van der Waals surface area contributed by atoms with Crippen LogP contribution in [0.3, 0.4) is 0 Å². The molecule has 0 saturated heterocycles. The van der Waals surface area contributed by atoms with Crippen molar-refractivity contribution >= 4 is 17.2 Å². The van der Waals surface area contributed by atoms with Crippen LogP contribution in [0.4, 0.5) is 0 Å². The van der Waals surface area contributed by atoms with Gasteiger partial charge in [0.25, 0.3) is 0 Å². The van der Waals surface area contributed by atoms with Crippen LogP contribution in [0.1, 0.15) is 28.9 Å². The number of aryl methyl sites for hydroxylation is 2. The number of carbonyl (C=O) groups is 1. The summed E-state index contributed by atoms with van der Waals surface area (Å²) in [6, 6.07) is 13.3. The number of benzene rings is 1. The Morgan fingerprint density at radius 1 is 1.25 bits per heavy atom. The molecule has 0 aliphatic heterocycles. The first-order valence-corrected chi connectivity index (χ1v) is 9.81. The van der Waals surface area contributed by atoms with Crippen molar-refractivity contribution < 1.29 is 9.21 Å². The monoisotopic (exact) mass is 392 g/mol. The molecular formula is C21H20N4O2S. The van der Waals surface area contributed by atoms with Gasteiger partial charge in [-0.3, -0.25) is 4.79 Å². The standard InChI is InChI=1S/C21H20N4O2S/c1-14-8-9-17(27-14)21-23-16(13-28-21)12-18(26)24-19(15-6-4-3-5-7-15)20-22-10-11-25(20)2/h3-11,13,19H,12H2,1-2H3,(H,24,26). The summed E-state index contributed by atoms with van der Waals surface area (Å²) in [7, 11) is 1.92. The Hall–Kier alpha value is -3.19. The lowest BCUT2D eigenvalue weighted by Gasteiger charge is -2.19. The van der Waals surface area contributed by atoms with Gasteiger partial charge in [0.1, 0.15) is 17.6 Å². The highest BCUT2D eigenvalue weighted by Crippen LogP contribution is 2.26. The highest BCUT2D eigenvalue weighted by Gasteiger charge is 2.21. The Labute approximate surface area is 166 Å². The van der Waals surface area contributed by atoms with Crippen LogP contribution in [0, 0.1) is 6.92 Å². The Kier molecular flexibility index (Phi) is 5.08. The van der Waals surface area contributed by atoms with E-state index in [2.05, 4.69) is 15.3 Å². The van der Waals surface area contributed by atoms with Crippen molar-refractivity contribution in [2.24, 2.45) is 7.05 Å². The van der Waals surface area contributed by atoms with Gasteiger partial charge >= 0.3 is 0 Å². The summed E-state index contributed by atoms with van der Waals surface area (Å²) >= 11 is 1.47. The van der Waals surface area contributed by atoms with Crippen molar-refractivity contribution in [2.45, 2.75) is 19.4 Å². The number of thiazole rings is 1. The molecule has 1 aromatic carbocycles. The van der Waals surface area contributed by atoms with Crippen molar-refractivity contribution in [3.05, 3.63) is 83.1 Å². The number of aromatic nitrogens is 3. The Bertz CT molecular complexity index is 1080. The van der Waals surface area contributed by atoms with E-state index in [0.29, 0.717) is 0 Å². The number of rotatable bonds is 6. The second kappa shape index (κ2) is 7.82. The normalized spacial score (nSPS) is 12.1. The zero-order valence-electron chi connectivity index (χ0n) is 15.6. The average Bonchev–Trinajstić information content (AvgIpc) is 3.42.